The van der Waals surface area contributed by atoms with Gasteiger partial charge in [-0.15, -0.1) is 0 Å². The van der Waals surface area contributed by atoms with Gasteiger partial charge in [-0.25, -0.2) is 8.78 Å². The Kier molecular flexibility index (Phi) is 3.16. The molecule has 0 amide bonds. The Morgan fingerprint density at radius 1 is 1.62 bits per heavy atom. The van der Waals surface area contributed by atoms with Crippen LogP contribution in [0.15, 0.2) is 15.5 Å². The molecule has 0 aliphatic carbocycles. The molecule has 0 aliphatic rings. The smallest absolute Gasteiger partial charge is 0.270 e. The van der Waals surface area contributed by atoms with Crippen LogP contribution in [0.25, 0.3) is 0 Å². The quantitative estimate of drug-likeness (QED) is 0.841. The Balaban J connectivity index is 3.39. The van der Waals surface area contributed by atoms with Gasteiger partial charge >= 0.3 is 0 Å². The molecule has 1 aromatic rings. The van der Waals surface area contributed by atoms with E-state index in [0.717, 1.165) is 0 Å². The number of aliphatic hydroxyl groups excluding tert-OH is 1. The second-order valence-electron chi connectivity index (χ2n) is 2.33. The van der Waals surface area contributed by atoms with E-state index in [1.807, 2.05) is 0 Å². The number of hydrogen-bond donors (Lipinski definition) is 2. The lowest BCUT2D eigenvalue weighted by atomic mass is 10.2. The lowest BCUT2D eigenvalue weighted by Crippen LogP contribution is -2.14. The molecule has 0 atom stereocenters. The Morgan fingerprint density at radius 3 is 2.69 bits per heavy atom. The predicted molar refractivity (Wildman–Crippen MR) is 45.6 cm³/mol. The summed E-state index contributed by atoms with van der Waals surface area (Å²) in [6, 6.07) is 0. The SMILES string of the molecule is O=c1[nH]cc(CO)c(Br)c1C(F)F. The fraction of sp³-hybridized carbons (Fsp3) is 0.286. The van der Waals surface area contributed by atoms with E-state index in [9.17, 15) is 13.6 Å². The highest BCUT2D eigenvalue weighted by molar-refractivity contribution is 9.10. The van der Waals surface area contributed by atoms with E-state index in [1.165, 1.54) is 6.20 Å². The van der Waals surface area contributed by atoms with Gasteiger partial charge in [-0.3, -0.25) is 4.79 Å². The Labute approximate surface area is 80.5 Å². The minimum Gasteiger partial charge on any atom is -0.392 e. The number of hydrogen-bond acceptors (Lipinski definition) is 2. The zero-order valence-electron chi connectivity index (χ0n) is 6.35. The summed E-state index contributed by atoms with van der Waals surface area (Å²) in [5, 5.41) is 8.72. The monoisotopic (exact) mass is 253 g/mol. The summed E-state index contributed by atoms with van der Waals surface area (Å²) >= 11 is 2.83. The van der Waals surface area contributed by atoms with Crippen LogP contribution >= 0.6 is 15.9 Å². The molecule has 0 aromatic carbocycles. The Hall–Kier alpha value is -0.750. The third kappa shape index (κ3) is 1.94. The third-order valence-electron chi connectivity index (χ3n) is 1.53. The standard InChI is InChI=1S/C7H6BrF2NO2/c8-5-3(2-12)1-11-7(13)4(5)6(9)10/h1,6,12H,2H2,(H,11,13). The summed E-state index contributed by atoms with van der Waals surface area (Å²) in [7, 11) is 0. The third-order valence-corrected chi connectivity index (χ3v) is 2.47. The number of aromatic amines is 1. The molecule has 0 aliphatic heterocycles. The molecular weight excluding hydrogens is 248 g/mol. The average molecular weight is 254 g/mol. The van der Waals surface area contributed by atoms with Crippen LogP contribution in [0.3, 0.4) is 0 Å². The molecule has 0 fully saturated rings. The van der Waals surface area contributed by atoms with Crippen LogP contribution in [0.2, 0.25) is 0 Å². The predicted octanol–water partition coefficient (Wildman–Crippen LogP) is 1.57. The molecule has 1 heterocycles. The minimum atomic E-state index is -2.86. The Morgan fingerprint density at radius 2 is 2.23 bits per heavy atom. The van der Waals surface area contributed by atoms with Crippen LogP contribution in [0.5, 0.6) is 0 Å². The zero-order chi connectivity index (χ0) is 10.0. The van der Waals surface area contributed by atoms with Crippen molar-refractivity contribution >= 4 is 15.9 Å². The van der Waals surface area contributed by atoms with Crippen molar-refractivity contribution in [3.8, 4) is 0 Å². The van der Waals surface area contributed by atoms with Crippen molar-refractivity contribution in [2.45, 2.75) is 13.0 Å². The van der Waals surface area contributed by atoms with Crippen molar-refractivity contribution in [3.05, 3.63) is 32.2 Å². The Bertz CT molecular complexity index is 364. The largest absolute Gasteiger partial charge is 0.392 e. The van der Waals surface area contributed by atoms with E-state index >= 15 is 0 Å². The number of rotatable bonds is 2. The lowest BCUT2D eigenvalue weighted by Gasteiger charge is -2.05. The van der Waals surface area contributed by atoms with Gasteiger partial charge in [0.1, 0.15) is 0 Å². The van der Waals surface area contributed by atoms with Crippen molar-refractivity contribution in [1.29, 1.82) is 0 Å². The maximum atomic E-state index is 12.3. The maximum Gasteiger partial charge on any atom is 0.270 e. The number of alkyl halides is 2. The second kappa shape index (κ2) is 3.97. The molecular formula is C7H6BrF2NO2. The summed E-state index contributed by atoms with van der Waals surface area (Å²) in [6.45, 7) is -0.406. The van der Waals surface area contributed by atoms with Gasteiger partial charge in [0.25, 0.3) is 12.0 Å². The van der Waals surface area contributed by atoms with Crippen LogP contribution in [0.1, 0.15) is 17.6 Å². The normalized spacial score (nSPS) is 10.8. The molecule has 0 saturated carbocycles. The van der Waals surface area contributed by atoms with Gasteiger partial charge in [-0.1, -0.05) is 0 Å². The van der Waals surface area contributed by atoms with Gasteiger partial charge in [0.05, 0.1) is 12.2 Å². The van der Waals surface area contributed by atoms with Crippen LogP contribution in [0, 0.1) is 0 Å². The van der Waals surface area contributed by atoms with E-state index in [0.29, 0.717) is 0 Å². The van der Waals surface area contributed by atoms with E-state index in [-0.39, 0.29) is 10.0 Å². The summed E-state index contributed by atoms with van der Waals surface area (Å²) in [5.74, 6) is 0. The molecule has 3 nitrogen and oxygen atoms in total. The van der Waals surface area contributed by atoms with E-state index in [2.05, 4.69) is 20.9 Å². The number of aliphatic hydroxyl groups is 1. The number of halogens is 3. The first kappa shape index (κ1) is 10.3. The number of nitrogens with one attached hydrogen (secondary N) is 1. The molecule has 0 bridgehead atoms. The molecule has 2 N–H and O–H groups in total. The molecule has 0 unspecified atom stereocenters. The van der Waals surface area contributed by atoms with E-state index < -0.39 is 24.2 Å². The van der Waals surface area contributed by atoms with Gasteiger partial charge in [0.2, 0.25) is 0 Å². The van der Waals surface area contributed by atoms with Crippen molar-refractivity contribution in [2.24, 2.45) is 0 Å². The van der Waals surface area contributed by atoms with Gasteiger partial charge in [-0.05, 0) is 15.9 Å². The van der Waals surface area contributed by atoms with Crippen LogP contribution in [-0.4, -0.2) is 10.1 Å². The molecule has 1 rings (SSSR count). The van der Waals surface area contributed by atoms with Gasteiger partial charge in [0, 0.05) is 16.2 Å². The summed E-state index contributed by atoms with van der Waals surface area (Å²) < 4.78 is 24.5. The summed E-state index contributed by atoms with van der Waals surface area (Å²) in [6.07, 6.45) is -1.66. The van der Waals surface area contributed by atoms with E-state index in [1.54, 1.807) is 0 Å². The van der Waals surface area contributed by atoms with Crippen LogP contribution in [0.4, 0.5) is 8.78 Å². The molecule has 0 saturated heterocycles. The fourth-order valence-corrected chi connectivity index (χ4v) is 1.47. The maximum absolute atomic E-state index is 12.3. The lowest BCUT2D eigenvalue weighted by molar-refractivity contribution is 0.148. The number of aromatic nitrogens is 1. The molecule has 13 heavy (non-hydrogen) atoms. The van der Waals surface area contributed by atoms with Crippen molar-refractivity contribution < 1.29 is 13.9 Å². The fourth-order valence-electron chi connectivity index (χ4n) is 0.876. The second-order valence-corrected chi connectivity index (χ2v) is 3.12. The minimum absolute atomic E-state index is 0.0336. The first-order valence-corrected chi connectivity index (χ1v) is 4.16. The molecule has 6 heteroatoms. The number of pyridine rings is 1. The van der Waals surface area contributed by atoms with E-state index in [4.69, 9.17) is 5.11 Å². The molecule has 1 aromatic heterocycles. The van der Waals surface area contributed by atoms with Gasteiger partial charge < -0.3 is 10.1 Å². The van der Waals surface area contributed by atoms with Crippen LogP contribution in [-0.2, 0) is 6.61 Å². The zero-order valence-corrected chi connectivity index (χ0v) is 7.94. The average Bonchev–Trinajstić information content (AvgIpc) is 2.04. The first-order valence-electron chi connectivity index (χ1n) is 3.37. The molecule has 0 spiro atoms. The highest BCUT2D eigenvalue weighted by atomic mass is 79.9. The van der Waals surface area contributed by atoms with Crippen LogP contribution < -0.4 is 5.56 Å². The van der Waals surface area contributed by atoms with Gasteiger partial charge in [-0.2, -0.15) is 0 Å². The van der Waals surface area contributed by atoms with Crippen molar-refractivity contribution in [2.75, 3.05) is 0 Å². The number of H-pyrrole nitrogens is 1. The van der Waals surface area contributed by atoms with Crippen molar-refractivity contribution in [1.82, 2.24) is 4.98 Å². The van der Waals surface area contributed by atoms with Gasteiger partial charge in [0.15, 0.2) is 0 Å². The summed E-state index contributed by atoms with van der Waals surface area (Å²) in [4.78, 5) is 13.0. The van der Waals surface area contributed by atoms with Crippen molar-refractivity contribution in [3.63, 3.8) is 0 Å². The highest BCUT2D eigenvalue weighted by Gasteiger charge is 2.18. The topological polar surface area (TPSA) is 53.1 Å². The molecule has 72 valence electrons. The first-order chi connectivity index (χ1) is 6.07. The summed E-state index contributed by atoms with van der Waals surface area (Å²) in [5.41, 5.74) is -1.26. The molecule has 0 radical (unpaired) electrons. The highest BCUT2D eigenvalue weighted by Crippen LogP contribution is 2.26.